The molecule has 4 heterocycles. The molecule has 0 unspecified atom stereocenters. The number of aromatic nitrogens is 4. The minimum absolute atomic E-state index is 0.0827. The minimum Gasteiger partial charge on any atom is -0.353 e. The fourth-order valence-corrected chi connectivity index (χ4v) is 3.85. The summed E-state index contributed by atoms with van der Waals surface area (Å²) in [5, 5.41) is 13.3. The summed E-state index contributed by atoms with van der Waals surface area (Å²) in [6, 6.07) is 19.5. The molecule has 0 radical (unpaired) electrons. The second-order valence-electron chi connectivity index (χ2n) is 7.98. The van der Waals surface area contributed by atoms with E-state index in [1.54, 1.807) is 0 Å². The lowest BCUT2D eigenvalue weighted by Crippen LogP contribution is -2.50. The number of aryl methyl sites for hydroxylation is 1. The van der Waals surface area contributed by atoms with Crippen LogP contribution in [0.3, 0.4) is 0 Å². The predicted molar refractivity (Wildman–Crippen MR) is 129 cm³/mol. The van der Waals surface area contributed by atoms with Crippen molar-refractivity contribution in [2.45, 2.75) is 6.92 Å². The van der Waals surface area contributed by atoms with Crippen molar-refractivity contribution in [3.63, 3.8) is 0 Å². The fourth-order valence-electron chi connectivity index (χ4n) is 3.85. The number of nitrogens with one attached hydrogen (secondary N) is 3. The highest BCUT2D eigenvalue weighted by molar-refractivity contribution is 5.89. The number of amides is 2. The van der Waals surface area contributed by atoms with E-state index >= 15 is 0 Å². The topological polar surface area (TPSA) is 94.1 Å². The van der Waals surface area contributed by atoms with E-state index in [9.17, 15) is 4.79 Å². The number of H-pyrrole nitrogens is 1. The Morgan fingerprint density at radius 3 is 2.39 bits per heavy atom. The highest BCUT2D eigenvalue weighted by Gasteiger charge is 2.22. The van der Waals surface area contributed by atoms with Gasteiger partial charge in [-0.2, -0.15) is 5.10 Å². The fraction of sp³-hybridized carbons (Fsp3) is 0.208. The summed E-state index contributed by atoms with van der Waals surface area (Å²) in [4.78, 5) is 21.5. The van der Waals surface area contributed by atoms with Gasteiger partial charge in [0, 0.05) is 61.7 Å². The molecule has 5 rings (SSSR count). The zero-order valence-electron chi connectivity index (χ0n) is 18.4. The van der Waals surface area contributed by atoms with E-state index in [0.29, 0.717) is 13.1 Å². The second kappa shape index (κ2) is 9.07. The monoisotopic (exact) mass is 442 g/mol. The molecule has 168 valence electrons. The molecule has 1 saturated heterocycles. The highest BCUT2D eigenvalue weighted by atomic mass is 16.2. The molecule has 0 saturated carbocycles. The molecular weight excluding hydrogens is 416 g/mol. The van der Waals surface area contributed by atoms with Crippen molar-refractivity contribution >= 4 is 29.2 Å². The maximum Gasteiger partial charge on any atom is 0.321 e. The van der Waals surface area contributed by atoms with Gasteiger partial charge in [-0.15, -0.1) is 0 Å². The number of rotatable bonds is 5. The standard InChI is InChI=1S/C24H26N8O/c1-18-17-22(29-28-18)26-21-5-4-6-23(27-21)31-13-15-32(16-14-31)24(33)25-19-7-9-20(10-8-19)30-11-2-3-12-30/h2-12,17H,13-16H2,1H3,(H,25,33)(H2,26,27,28,29). The number of anilines is 4. The third-order valence-corrected chi connectivity index (χ3v) is 5.61. The summed E-state index contributed by atoms with van der Waals surface area (Å²) in [5.41, 5.74) is 2.82. The summed E-state index contributed by atoms with van der Waals surface area (Å²) in [6.45, 7) is 4.66. The van der Waals surface area contributed by atoms with Crippen LogP contribution in [0.1, 0.15) is 5.69 Å². The lowest BCUT2D eigenvalue weighted by molar-refractivity contribution is 0.208. The Hall–Kier alpha value is -4.27. The zero-order chi connectivity index (χ0) is 22.6. The first-order valence-electron chi connectivity index (χ1n) is 10.9. The Bertz CT molecular complexity index is 1210. The molecule has 3 aromatic heterocycles. The van der Waals surface area contributed by atoms with Gasteiger partial charge in [0.2, 0.25) is 0 Å². The number of carbonyl (C=O) groups excluding carboxylic acids is 1. The Morgan fingerprint density at radius 2 is 1.70 bits per heavy atom. The van der Waals surface area contributed by atoms with Crippen molar-refractivity contribution in [2.24, 2.45) is 0 Å². The van der Waals surface area contributed by atoms with Crippen molar-refractivity contribution in [1.82, 2.24) is 24.6 Å². The number of hydrogen-bond acceptors (Lipinski definition) is 5. The molecule has 0 atom stereocenters. The Balaban J connectivity index is 1.15. The summed E-state index contributed by atoms with van der Waals surface area (Å²) >= 11 is 0. The van der Waals surface area contributed by atoms with E-state index in [-0.39, 0.29) is 6.03 Å². The van der Waals surface area contributed by atoms with Gasteiger partial charge < -0.3 is 25.0 Å². The third kappa shape index (κ3) is 4.82. The Morgan fingerprint density at radius 1 is 0.939 bits per heavy atom. The number of pyridine rings is 1. The highest BCUT2D eigenvalue weighted by Crippen LogP contribution is 2.20. The van der Waals surface area contributed by atoms with E-state index in [1.807, 2.05) is 89.4 Å². The van der Waals surface area contributed by atoms with Crippen molar-refractivity contribution in [1.29, 1.82) is 0 Å². The minimum atomic E-state index is -0.0827. The van der Waals surface area contributed by atoms with Crippen molar-refractivity contribution < 1.29 is 4.79 Å². The van der Waals surface area contributed by atoms with Crippen molar-refractivity contribution in [3.05, 3.63) is 78.8 Å². The molecule has 1 aliphatic rings. The summed E-state index contributed by atoms with van der Waals surface area (Å²) in [6.07, 6.45) is 3.98. The van der Waals surface area contributed by atoms with Crippen LogP contribution in [0.15, 0.2) is 73.1 Å². The van der Waals surface area contributed by atoms with Gasteiger partial charge in [-0.3, -0.25) is 5.10 Å². The number of carbonyl (C=O) groups is 1. The largest absolute Gasteiger partial charge is 0.353 e. The molecule has 9 nitrogen and oxygen atoms in total. The van der Waals surface area contributed by atoms with Crippen LogP contribution in [0.2, 0.25) is 0 Å². The van der Waals surface area contributed by atoms with Gasteiger partial charge in [0.15, 0.2) is 5.82 Å². The van der Waals surface area contributed by atoms with Crippen LogP contribution in [-0.4, -0.2) is 56.9 Å². The number of hydrogen-bond donors (Lipinski definition) is 3. The average Bonchev–Trinajstić information content (AvgIpc) is 3.52. The summed E-state index contributed by atoms with van der Waals surface area (Å²) in [5.74, 6) is 2.36. The Kier molecular flexibility index (Phi) is 5.67. The van der Waals surface area contributed by atoms with Gasteiger partial charge in [-0.05, 0) is 55.5 Å². The van der Waals surface area contributed by atoms with Gasteiger partial charge in [-0.25, -0.2) is 9.78 Å². The molecule has 33 heavy (non-hydrogen) atoms. The lowest BCUT2D eigenvalue weighted by Gasteiger charge is -2.35. The SMILES string of the molecule is Cc1cc(Nc2cccc(N3CCN(C(=O)Nc4ccc(-n5cccc5)cc4)CC3)n2)n[nH]1. The maximum absolute atomic E-state index is 12.7. The van der Waals surface area contributed by atoms with Gasteiger partial charge in [0.05, 0.1) is 0 Å². The number of urea groups is 1. The first-order chi connectivity index (χ1) is 16.1. The molecule has 0 bridgehead atoms. The molecule has 9 heteroatoms. The quantitative estimate of drug-likeness (QED) is 0.434. The van der Waals surface area contributed by atoms with Gasteiger partial charge in [0.25, 0.3) is 0 Å². The Labute approximate surface area is 192 Å². The predicted octanol–water partition coefficient (Wildman–Crippen LogP) is 4.00. The third-order valence-electron chi connectivity index (χ3n) is 5.61. The van der Waals surface area contributed by atoms with Crippen molar-refractivity contribution in [2.75, 3.05) is 41.7 Å². The van der Waals surface area contributed by atoms with Crippen LogP contribution in [0.5, 0.6) is 0 Å². The molecule has 3 N–H and O–H groups in total. The number of piperazine rings is 1. The van der Waals surface area contributed by atoms with Gasteiger partial charge in [0.1, 0.15) is 11.6 Å². The molecule has 0 spiro atoms. The maximum atomic E-state index is 12.7. The molecule has 2 amide bonds. The summed E-state index contributed by atoms with van der Waals surface area (Å²) in [7, 11) is 0. The second-order valence-corrected chi connectivity index (χ2v) is 7.98. The van der Waals surface area contributed by atoms with E-state index < -0.39 is 0 Å². The van der Waals surface area contributed by atoms with Crippen LogP contribution < -0.4 is 15.5 Å². The number of benzene rings is 1. The van der Waals surface area contributed by atoms with Gasteiger partial charge in [-0.1, -0.05) is 6.07 Å². The summed E-state index contributed by atoms with van der Waals surface area (Å²) < 4.78 is 2.03. The number of nitrogens with zero attached hydrogens (tertiary/aromatic N) is 5. The molecule has 0 aliphatic carbocycles. The van der Waals surface area contributed by atoms with E-state index in [4.69, 9.17) is 4.98 Å². The van der Waals surface area contributed by atoms with Gasteiger partial charge >= 0.3 is 6.03 Å². The molecule has 1 aromatic carbocycles. The van der Waals surface area contributed by atoms with Crippen LogP contribution in [0.25, 0.3) is 5.69 Å². The van der Waals surface area contributed by atoms with Crippen LogP contribution in [0.4, 0.5) is 27.9 Å². The van der Waals surface area contributed by atoms with E-state index in [1.165, 1.54) is 0 Å². The van der Waals surface area contributed by atoms with Crippen LogP contribution in [0, 0.1) is 6.92 Å². The number of aromatic amines is 1. The average molecular weight is 443 g/mol. The smallest absolute Gasteiger partial charge is 0.321 e. The molecule has 1 fully saturated rings. The lowest BCUT2D eigenvalue weighted by atomic mass is 10.2. The zero-order valence-corrected chi connectivity index (χ0v) is 18.4. The first kappa shape index (κ1) is 20.6. The normalized spacial score (nSPS) is 13.7. The molecule has 1 aliphatic heterocycles. The van der Waals surface area contributed by atoms with E-state index in [2.05, 4.69) is 25.7 Å². The molecule has 4 aromatic rings. The van der Waals surface area contributed by atoms with Crippen molar-refractivity contribution in [3.8, 4) is 5.69 Å². The van der Waals surface area contributed by atoms with Crippen LogP contribution >= 0.6 is 0 Å². The van der Waals surface area contributed by atoms with Crippen LogP contribution in [-0.2, 0) is 0 Å². The van der Waals surface area contributed by atoms with E-state index in [0.717, 1.165) is 47.6 Å². The first-order valence-corrected chi connectivity index (χ1v) is 10.9. The molecular formula is C24H26N8O.